The lowest BCUT2D eigenvalue weighted by atomic mass is 10.3. The Bertz CT molecular complexity index is 5100. The number of carbonyl (C=O) groups is 17. The molecule has 9 amide bonds. The standard InChI is InChI=1S/C86H101N9O43/c1-54(106)87(28-46-123-79(115)63-10-12-65(135-63)81(117)125-50-32-92(24-42-102)75(111)59-6-8-61(133-59)77(113)94(26-44-104)34-52-129-85(121)69-16-14-67(137-69)83(119)127-48-30-90(22-40-100)73(109)57-4-2-55(131-57)71(107)88(18-36-96)19-37-97)29-47-124-80(116)64-11-13-66(136-64)82(118)126-51-33-93(25-43-103)76(112)60-7-9-62(134-60)78(114)95(27-45-105)35-53-130-86(122)70-17-15-68(138-70)84(120)128-49-31-91(23-41-101)74(110)58-5-3-56(132-58)72(108)89(20-38-98)21-39-99/h2-17,96-105H,18-53H2,1H3. The zero-order chi connectivity index (χ0) is 100. The number of aliphatic hydroxyl groups excluding tert-OH is 10. The van der Waals surface area contributed by atoms with Crippen molar-refractivity contribution in [2.75, 3.05) is 237 Å². The highest BCUT2D eigenvalue weighted by molar-refractivity contribution is 6.00. The van der Waals surface area contributed by atoms with Crippen LogP contribution in [0.25, 0.3) is 0 Å². The van der Waals surface area contributed by atoms with E-state index in [1.54, 1.807) is 0 Å². The van der Waals surface area contributed by atoms with Crippen LogP contribution < -0.4 is 0 Å². The van der Waals surface area contributed by atoms with Crippen LogP contribution >= 0.6 is 0 Å². The molecule has 8 heterocycles. The molecule has 10 N–H and O–H groups in total. The minimum atomic E-state index is -1.11. The van der Waals surface area contributed by atoms with Crippen LogP contribution in [0.1, 0.15) is 176 Å². The van der Waals surface area contributed by atoms with E-state index < -0.39 is 289 Å². The molecular formula is C86H101N9O43. The van der Waals surface area contributed by atoms with E-state index in [0.717, 1.165) is 117 Å². The van der Waals surface area contributed by atoms with Gasteiger partial charge in [0, 0.05) is 72.4 Å². The molecule has 0 aliphatic carbocycles. The molecule has 0 bridgehead atoms. The van der Waals surface area contributed by atoms with Crippen LogP contribution in [0.15, 0.2) is 132 Å². The first-order chi connectivity index (χ1) is 66.5. The second kappa shape index (κ2) is 55.6. The minimum Gasteiger partial charge on any atom is -0.458 e. The van der Waals surface area contributed by atoms with E-state index in [-0.39, 0.29) is 141 Å². The van der Waals surface area contributed by atoms with E-state index in [9.17, 15) is 133 Å². The molecule has 0 aliphatic rings. The van der Waals surface area contributed by atoms with Crippen molar-refractivity contribution in [1.82, 2.24) is 44.1 Å². The Balaban J connectivity index is 0.697. The first-order valence-electron chi connectivity index (χ1n) is 42.3. The van der Waals surface area contributed by atoms with Crippen molar-refractivity contribution in [2.45, 2.75) is 6.92 Å². The molecule has 748 valence electrons. The van der Waals surface area contributed by atoms with Gasteiger partial charge in [0.25, 0.3) is 47.3 Å². The molecule has 0 aromatic carbocycles. The van der Waals surface area contributed by atoms with E-state index in [4.69, 9.17) is 73.2 Å². The smallest absolute Gasteiger partial charge is 0.374 e. The van der Waals surface area contributed by atoms with Crippen LogP contribution in [0.5, 0.6) is 0 Å². The Kier molecular flexibility index (Phi) is 43.6. The summed E-state index contributed by atoms with van der Waals surface area (Å²) in [4.78, 5) is 232. The van der Waals surface area contributed by atoms with Crippen molar-refractivity contribution in [3.63, 3.8) is 0 Å². The Labute approximate surface area is 780 Å². The summed E-state index contributed by atoms with van der Waals surface area (Å²) in [6, 6.07) is 18.1. The normalized spacial score (nSPS) is 10.9. The van der Waals surface area contributed by atoms with Gasteiger partial charge in [-0.25, -0.2) is 38.4 Å². The van der Waals surface area contributed by atoms with Gasteiger partial charge >= 0.3 is 47.8 Å². The SMILES string of the molecule is CC(=O)N(CCOC(=O)c1ccc(C(=O)OCCN(CCO)C(=O)c2ccc(C(=O)N(CCO)CCOC(=O)c3ccc(C(=O)OCCN(CCO)C(=O)c4ccc(C(=O)N(CCO)CCO)o4)o3)o2)o1)CCOC(=O)c1ccc(C(=O)OCCN(CCO)C(=O)c2ccc(C(=O)N(CCO)CCOC(=O)c3ccc(C(=O)OCCN(CCO)C(=O)c4ccc(C(=O)N(CCO)CCO)o4)o3)o2)o1. The summed E-state index contributed by atoms with van der Waals surface area (Å²) < 4.78 is 85.0. The van der Waals surface area contributed by atoms with Gasteiger partial charge in [0.15, 0.2) is 46.1 Å². The third-order valence-corrected chi connectivity index (χ3v) is 19.3. The van der Waals surface area contributed by atoms with Crippen LogP contribution in [-0.4, -0.2) is 433 Å². The number of hydrogen-bond donors (Lipinski definition) is 10. The maximum absolute atomic E-state index is 13.6. The fourth-order valence-electron chi connectivity index (χ4n) is 12.5. The zero-order valence-electron chi connectivity index (χ0n) is 74.2. The van der Waals surface area contributed by atoms with Gasteiger partial charge in [-0.3, -0.25) is 43.2 Å². The van der Waals surface area contributed by atoms with Gasteiger partial charge in [-0.15, -0.1) is 0 Å². The van der Waals surface area contributed by atoms with Crippen LogP contribution in [-0.2, 0) is 42.7 Å². The molecule has 0 spiro atoms. The largest absolute Gasteiger partial charge is 0.458 e. The molecule has 0 fully saturated rings. The summed E-state index contributed by atoms with van der Waals surface area (Å²) in [6.45, 7) is -12.3. The molecule has 0 aliphatic heterocycles. The fourth-order valence-corrected chi connectivity index (χ4v) is 12.5. The average Bonchev–Trinajstić information content (AvgIpc) is 1.70. The molecule has 0 saturated heterocycles. The Morgan fingerprint density at radius 2 is 0.275 bits per heavy atom. The fraction of sp³-hybridized carbons (Fsp3) is 0.430. The lowest BCUT2D eigenvalue weighted by Crippen LogP contribution is -2.37. The van der Waals surface area contributed by atoms with Gasteiger partial charge in [-0.1, -0.05) is 0 Å². The number of rotatable bonds is 60. The summed E-state index contributed by atoms with van der Waals surface area (Å²) in [7, 11) is 0. The monoisotopic (exact) mass is 1950 g/mol. The molecule has 8 aromatic rings. The maximum atomic E-state index is 13.6. The quantitative estimate of drug-likeness (QED) is 0.0144. The van der Waals surface area contributed by atoms with Gasteiger partial charge in [-0.05, 0) is 97.1 Å². The zero-order valence-corrected chi connectivity index (χ0v) is 74.2. The molecule has 52 nitrogen and oxygen atoms in total. The maximum Gasteiger partial charge on any atom is 0.374 e. The predicted octanol–water partition coefficient (Wildman–Crippen LogP) is -2.10. The number of amides is 9. The Hall–Kier alpha value is -15.2. The van der Waals surface area contributed by atoms with Crippen molar-refractivity contribution < 1.29 is 206 Å². The van der Waals surface area contributed by atoms with E-state index in [1.165, 1.54) is 31.2 Å². The summed E-state index contributed by atoms with van der Waals surface area (Å²) in [5, 5.41) is 95.4. The van der Waals surface area contributed by atoms with Gasteiger partial charge in [0.1, 0.15) is 52.9 Å². The number of nitrogens with zero attached hydrogens (tertiary/aromatic N) is 9. The van der Waals surface area contributed by atoms with E-state index in [1.807, 2.05) is 0 Å². The molecule has 0 unspecified atom stereocenters. The molecule has 8 rings (SSSR count). The number of carbonyl (C=O) groups excluding carboxylic acids is 17. The number of hydrogen-bond acceptors (Lipinski definition) is 43. The van der Waals surface area contributed by atoms with Crippen molar-refractivity contribution >= 4 is 101 Å². The summed E-state index contributed by atoms with van der Waals surface area (Å²) in [6.07, 6.45) is 0. The molecule has 52 heteroatoms. The summed E-state index contributed by atoms with van der Waals surface area (Å²) in [5.41, 5.74) is 0. The highest BCUT2D eigenvalue weighted by atomic mass is 16.6. The molecule has 0 saturated carbocycles. The van der Waals surface area contributed by atoms with Gasteiger partial charge in [0.05, 0.1) is 118 Å². The van der Waals surface area contributed by atoms with Crippen LogP contribution in [0.2, 0.25) is 0 Å². The van der Waals surface area contributed by atoms with E-state index in [0.29, 0.717) is 0 Å². The van der Waals surface area contributed by atoms with Crippen molar-refractivity contribution in [2.24, 2.45) is 0 Å². The number of ether oxygens (including phenoxy) is 8. The van der Waals surface area contributed by atoms with Gasteiger partial charge in [-0.2, -0.15) is 0 Å². The third kappa shape index (κ3) is 31.5. The average molecular weight is 1950 g/mol. The predicted molar refractivity (Wildman–Crippen MR) is 452 cm³/mol. The topological polar surface area (TPSA) is 701 Å². The third-order valence-electron chi connectivity index (χ3n) is 19.3. The number of furan rings is 8. The van der Waals surface area contributed by atoms with E-state index >= 15 is 0 Å². The highest BCUT2D eigenvalue weighted by Crippen LogP contribution is 2.23. The molecule has 0 radical (unpaired) electrons. The molecule has 8 aromatic heterocycles. The highest BCUT2D eigenvalue weighted by Gasteiger charge is 2.33. The number of aliphatic hydroxyl groups is 10. The first kappa shape index (κ1) is 108. The summed E-state index contributed by atoms with van der Waals surface area (Å²) in [5.74, 6) is -22.2. The lowest BCUT2D eigenvalue weighted by molar-refractivity contribution is -0.130. The summed E-state index contributed by atoms with van der Waals surface area (Å²) >= 11 is 0. The van der Waals surface area contributed by atoms with Crippen LogP contribution in [0.3, 0.4) is 0 Å². The first-order valence-corrected chi connectivity index (χ1v) is 42.3. The van der Waals surface area contributed by atoms with Crippen molar-refractivity contribution in [1.29, 1.82) is 0 Å². The van der Waals surface area contributed by atoms with Crippen LogP contribution in [0.4, 0.5) is 0 Å². The molecule has 0 atom stereocenters. The molecular weight excluding hydrogens is 1850 g/mol. The van der Waals surface area contributed by atoms with E-state index in [2.05, 4.69) is 0 Å². The lowest BCUT2D eigenvalue weighted by Gasteiger charge is -2.21. The Morgan fingerprint density at radius 1 is 0.174 bits per heavy atom. The molecule has 138 heavy (non-hydrogen) atoms. The van der Waals surface area contributed by atoms with Gasteiger partial charge < -0.3 is 168 Å². The number of esters is 8. The Morgan fingerprint density at radius 3 is 0.391 bits per heavy atom. The van der Waals surface area contributed by atoms with Crippen LogP contribution in [0, 0.1) is 0 Å². The second-order valence-corrected chi connectivity index (χ2v) is 28.5. The van der Waals surface area contributed by atoms with Crippen molar-refractivity contribution in [3.8, 4) is 0 Å². The van der Waals surface area contributed by atoms with Gasteiger partial charge in [0.2, 0.25) is 52.0 Å². The van der Waals surface area contributed by atoms with Crippen molar-refractivity contribution in [3.05, 3.63) is 189 Å². The minimum absolute atomic E-state index is 0.116. The second-order valence-electron chi connectivity index (χ2n) is 28.5.